The van der Waals surface area contributed by atoms with Crippen molar-refractivity contribution in [1.82, 2.24) is 4.98 Å². The highest BCUT2D eigenvalue weighted by Gasteiger charge is 2.25. The third-order valence-electron chi connectivity index (χ3n) is 3.71. The largest absolute Gasteiger partial charge is 0.351 e. The Balaban J connectivity index is 1.95. The molecule has 0 atom stereocenters. The Morgan fingerprint density at radius 3 is 2.58 bits per heavy atom. The van der Waals surface area contributed by atoms with Crippen molar-refractivity contribution in [3.05, 3.63) is 82.4 Å². The van der Waals surface area contributed by atoms with E-state index in [4.69, 9.17) is 16.9 Å². The van der Waals surface area contributed by atoms with Gasteiger partial charge < -0.3 is 4.98 Å². The Morgan fingerprint density at radius 1 is 1.19 bits per heavy atom. The van der Waals surface area contributed by atoms with Crippen LogP contribution in [0.25, 0.3) is 0 Å². The van der Waals surface area contributed by atoms with E-state index in [0.717, 1.165) is 11.6 Å². The minimum atomic E-state index is -4.13. The average molecular weight is 390 g/mol. The SMILES string of the molecule is N#Cc1ccc(NS(=O)(=O)c2c(Cc3ccccc3)c[nH]c2Cl)c(F)c1. The summed E-state index contributed by atoms with van der Waals surface area (Å²) in [7, 11) is -4.13. The Kier molecular flexibility index (Phi) is 4.98. The van der Waals surface area contributed by atoms with Gasteiger partial charge in [-0.05, 0) is 29.3 Å². The van der Waals surface area contributed by atoms with E-state index in [0.29, 0.717) is 12.0 Å². The molecule has 132 valence electrons. The van der Waals surface area contributed by atoms with Crippen molar-refractivity contribution in [1.29, 1.82) is 5.26 Å². The molecular formula is C18H13ClFN3O2S. The van der Waals surface area contributed by atoms with Crippen molar-refractivity contribution in [2.45, 2.75) is 11.3 Å². The maximum absolute atomic E-state index is 14.0. The van der Waals surface area contributed by atoms with Crippen LogP contribution in [0, 0.1) is 17.1 Å². The monoisotopic (exact) mass is 389 g/mol. The van der Waals surface area contributed by atoms with E-state index in [9.17, 15) is 12.8 Å². The Hall–Kier alpha value is -2.82. The number of nitriles is 1. The highest BCUT2D eigenvalue weighted by molar-refractivity contribution is 7.92. The molecule has 1 heterocycles. The van der Waals surface area contributed by atoms with Crippen molar-refractivity contribution in [3.63, 3.8) is 0 Å². The molecule has 3 aromatic rings. The molecule has 0 fully saturated rings. The first-order chi connectivity index (χ1) is 12.4. The van der Waals surface area contributed by atoms with Crippen LogP contribution in [0.4, 0.5) is 10.1 Å². The smallest absolute Gasteiger partial charge is 0.265 e. The topological polar surface area (TPSA) is 85.8 Å². The van der Waals surface area contributed by atoms with E-state index in [1.807, 2.05) is 30.3 Å². The molecular weight excluding hydrogens is 377 g/mol. The van der Waals surface area contributed by atoms with Crippen LogP contribution in [0.1, 0.15) is 16.7 Å². The maximum atomic E-state index is 14.0. The van der Waals surface area contributed by atoms with Gasteiger partial charge in [-0.3, -0.25) is 4.72 Å². The molecule has 0 saturated carbocycles. The number of benzene rings is 2. The molecule has 0 radical (unpaired) electrons. The van der Waals surface area contributed by atoms with Gasteiger partial charge in [0, 0.05) is 12.6 Å². The first-order valence-corrected chi connectivity index (χ1v) is 9.39. The van der Waals surface area contributed by atoms with Gasteiger partial charge in [0.15, 0.2) is 0 Å². The number of nitrogens with one attached hydrogen (secondary N) is 2. The normalized spacial score (nSPS) is 11.1. The third kappa shape index (κ3) is 3.72. The molecule has 5 nitrogen and oxygen atoms in total. The van der Waals surface area contributed by atoms with Gasteiger partial charge in [0.1, 0.15) is 15.9 Å². The van der Waals surface area contributed by atoms with E-state index in [1.165, 1.54) is 18.3 Å². The summed E-state index contributed by atoms with van der Waals surface area (Å²) in [5.41, 5.74) is 1.20. The number of hydrogen-bond donors (Lipinski definition) is 2. The number of H-pyrrole nitrogens is 1. The standard InChI is InChI=1S/C18H13ClFN3O2S/c19-18-17(14(11-22-18)8-12-4-2-1-3-5-12)26(24,25)23-16-7-6-13(10-21)9-15(16)20/h1-7,9,11,22-23H,8H2. The lowest BCUT2D eigenvalue weighted by Gasteiger charge is -2.11. The van der Waals surface area contributed by atoms with Crippen LogP contribution in [0.5, 0.6) is 0 Å². The van der Waals surface area contributed by atoms with Crippen molar-refractivity contribution < 1.29 is 12.8 Å². The van der Waals surface area contributed by atoms with Crippen LogP contribution in [-0.2, 0) is 16.4 Å². The van der Waals surface area contributed by atoms with Crippen LogP contribution >= 0.6 is 11.6 Å². The zero-order chi connectivity index (χ0) is 18.7. The van der Waals surface area contributed by atoms with E-state index in [1.54, 1.807) is 6.07 Å². The third-order valence-corrected chi connectivity index (χ3v) is 5.62. The van der Waals surface area contributed by atoms with Crippen molar-refractivity contribution >= 4 is 27.3 Å². The molecule has 2 aromatic carbocycles. The highest BCUT2D eigenvalue weighted by atomic mass is 35.5. The quantitative estimate of drug-likeness (QED) is 0.689. The fourth-order valence-electron chi connectivity index (χ4n) is 2.52. The van der Waals surface area contributed by atoms with Gasteiger partial charge in [0.2, 0.25) is 0 Å². The summed E-state index contributed by atoms with van der Waals surface area (Å²) >= 11 is 6.04. The van der Waals surface area contributed by atoms with Gasteiger partial charge in [0.05, 0.1) is 17.3 Å². The number of hydrogen-bond acceptors (Lipinski definition) is 3. The summed E-state index contributed by atoms with van der Waals surface area (Å²) < 4.78 is 41.7. The number of aromatic nitrogens is 1. The van der Waals surface area contributed by atoms with Crippen LogP contribution in [0.3, 0.4) is 0 Å². The second-order valence-electron chi connectivity index (χ2n) is 5.53. The second-order valence-corrected chi connectivity index (χ2v) is 7.53. The first kappa shape index (κ1) is 18.0. The van der Waals surface area contributed by atoms with Gasteiger partial charge >= 0.3 is 0 Å². The van der Waals surface area contributed by atoms with E-state index in [-0.39, 0.29) is 21.3 Å². The number of sulfonamides is 1. The van der Waals surface area contributed by atoms with Gasteiger partial charge in [-0.15, -0.1) is 0 Å². The van der Waals surface area contributed by atoms with Crippen LogP contribution in [-0.4, -0.2) is 13.4 Å². The molecule has 0 aliphatic heterocycles. The van der Waals surface area contributed by atoms with E-state index >= 15 is 0 Å². The molecule has 0 saturated heterocycles. The molecule has 8 heteroatoms. The molecule has 0 aliphatic carbocycles. The molecule has 26 heavy (non-hydrogen) atoms. The molecule has 3 rings (SSSR count). The van der Waals surface area contributed by atoms with Crippen LogP contribution in [0.15, 0.2) is 59.6 Å². The fraction of sp³-hybridized carbons (Fsp3) is 0.0556. The average Bonchev–Trinajstić information content (AvgIpc) is 2.98. The minimum absolute atomic E-state index is 0.0579. The molecule has 0 spiro atoms. The lowest BCUT2D eigenvalue weighted by atomic mass is 10.1. The van der Waals surface area contributed by atoms with Gasteiger partial charge in [-0.2, -0.15) is 5.26 Å². The fourth-order valence-corrected chi connectivity index (χ4v) is 4.33. The van der Waals surface area contributed by atoms with Crippen molar-refractivity contribution in [3.8, 4) is 6.07 Å². The number of aromatic amines is 1. The number of nitrogens with zero attached hydrogens (tertiary/aromatic N) is 1. The van der Waals surface area contributed by atoms with Crippen LogP contribution in [0.2, 0.25) is 5.15 Å². The summed E-state index contributed by atoms with van der Waals surface area (Å²) in [4.78, 5) is 2.56. The molecule has 1 aromatic heterocycles. The summed E-state index contributed by atoms with van der Waals surface area (Å²) in [6, 6.07) is 14.6. The maximum Gasteiger partial charge on any atom is 0.265 e. The molecule has 2 N–H and O–H groups in total. The Bertz CT molecular complexity index is 1090. The number of anilines is 1. The molecule has 0 unspecified atom stereocenters. The van der Waals surface area contributed by atoms with Gasteiger partial charge in [-0.1, -0.05) is 41.9 Å². The molecule has 0 amide bonds. The number of halogens is 2. The summed E-state index contributed by atoms with van der Waals surface area (Å²) in [5, 5.41) is 8.71. The Labute approximate surface area is 155 Å². The zero-order valence-corrected chi connectivity index (χ0v) is 14.9. The predicted octanol–water partition coefficient (Wildman–Crippen LogP) is 4.07. The predicted molar refractivity (Wildman–Crippen MR) is 97.0 cm³/mol. The molecule has 0 bridgehead atoms. The van der Waals surface area contributed by atoms with Crippen molar-refractivity contribution in [2.75, 3.05) is 4.72 Å². The first-order valence-electron chi connectivity index (χ1n) is 7.53. The lowest BCUT2D eigenvalue weighted by Crippen LogP contribution is -2.15. The molecule has 0 aliphatic rings. The summed E-state index contributed by atoms with van der Waals surface area (Å²) in [5.74, 6) is -0.844. The van der Waals surface area contributed by atoms with Gasteiger partial charge in [0.25, 0.3) is 10.0 Å². The second kappa shape index (κ2) is 7.20. The van der Waals surface area contributed by atoms with E-state index in [2.05, 4.69) is 9.71 Å². The zero-order valence-electron chi connectivity index (χ0n) is 13.3. The highest BCUT2D eigenvalue weighted by Crippen LogP contribution is 2.29. The van der Waals surface area contributed by atoms with E-state index < -0.39 is 15.8 Å². The van der Waals surface area contributed by atoms with Gasteiger partial charge in [-0.25, -0.2) is 12.8 Å². The Morgan fingerprint density at radius 2 is 1.92 bits per heavy atom. The lowest BCUT2D eigenvalue weighted by molar-refractivity contribution is 0.598. The van der Waals surface area contributed by atoms with Crippen molar-refractivity contribution in [2.24, 2.45) is 0 Å². The van der Waals surface area contributed by atoms with Crippen LogP contribution < -0.4 is 4.72 Å². The minimum Gasteiger partial charge on any atom is -0.351 e. The summed E-state index contributed by atoms with van der Waals surface area (Å²) in [6.07, 6.45) is 1.86. The number of rotatable bonds is 5. The summed E-state index contributed by atoms with van der Waals surface area (Å²) in [6.45, 7) is 0.